The van der Waals surface area contributed by atoms with Crippen LogP contribution in [0.25, 0.3) is 5.69 Å². The van der Waals surface area contributed by atoms with Crippen molar-refractivity contribution in [3.63, 3.8) is 0 Å². The average Bonchev–Trinajstić information content (AvgIpc) is 2.68. The number of para-hydroxylation sites is 1. The summed E-state index contributed by atoms with van der Waals surface area (Å²) in [6.07, 6.45) is 0. The first-order valence-electron chi connectivity index (χ1n) is 6.62. The van der Waals surface area contributed by atoms with Gasteiger partial charge in [-0.05, 0) is 33.0 Å². The minimum absolute atomic E-state index is 0.682. The Morgan fingerprint density at radius 3 is 2.53 bits per heavy atom. The van der Waals surface area contributed by atoms with Gasteiger partial charge >= 0.3 is 0 Å². The highest BCUT2D eigenvalue weighted by Gasteiger charge is 2.13. The van der Waals surface area contributed by atoms with Crippen LogP contribution in [-0.2, 0) is 6.54 Å². The van der Waals surface area contributed by atoms with E-state index in [-0.39, 0.29) is 0 Å². The van der Waals surface area contributed by atoms with Gasteiger partial charge in [-0.3, -0.25) is 0 Å². The standard InChI is InChI=1S/C15H22N4/c1-12-15(11-18(3)10-9-16)13(2)19(17-12)14-7-5-4-6-8-14/h4-8H,9-11,16H2,1-3H3. The van der Waals surface area contributed by atoms with Gasteiger partial charge in [0, 0.05) is 30.9 Å². The van der Waals surface area contributed by atoms with E-state index in [4.69, 9.17) is 5.73 Å². The topological polar surface area (TPSA) is 47.1 Å². The number of hydrogen-bond donors (Lipinski definition) is 1. The summed E-state index contributed by atoms with van der Waals surface area (Å²) >= 11 is 0. The molecule has 2 rings (SSSR count). The molecule has 4 heteroatoms. The van der Waals surface area contributed by atoms with Gasteiger partial charge in [-0.25, -0.2) is 4.68 Å². The van der Waals surface area contributed by atoms with E-state index >= 15 is 0 Å². The molecule has 0 saturated carbocycles. The molecule has 0 aliphatic rings. The van der Waals surface area contributed by atoms with Crippen LogP contribution in [0.2, 0.25) is 0 Å². The molecule has 0 unspecified atom stereocenters. The van der Waals surface area contributed by atoms with Crippen LogP contribution in [0, 0.1) is 13.8 Å². The number of aromatic nitrogens is 2. The summed E-state index contributed by atoms with van der Waals surface area (Å²) in [6.45, 7) is 6.66. The van der Waals surface area contributed by atoms with Crippen molar-refractivity contribution in [3.8, 4) is 5.69 Å². The van der Waals surface area contributed by atoms with E-state index in [1.54, 1.807) is 0 Å². The van der Waals surface area contributed by atoms with Gasteiger partial charge in [-0.1, -0.05) is 18.2 Å². The Bertz CT molecular complexity index is 531. The molecular formula is C15H22N4. The van der Waals surface area contributed by atoms with Crippen LogP contribution in [0.5, 0.6) is 0 Å². The van der Waals surface area contributed by atoms with Crippen LogP contribution in [-0.4, -0.2) is 34.8 Å². The van der Waals surface area contributed by atoms with E-state index in [0.29, 0.717) is 6.54 Å². The Morgan fingerprint density at radius 2 is 1.89 bits per heavy atom. The summed E-state index contributed by atoms with van der Waals surface area (Å²) in [6, 6.07) is 10.2. The van der Waals surface area contributed by atoms with Crippen LogP contribution in [0.3, 0.4) is 0 Å². The molecule has 102 valence electrons. The highest BCUT2D eigenvalue weighted by Crippen LogP contribution is 2.18. The Hall–Kier alpha value is -1.65. The van der Waals surface area contributed by atoms with E-state index in [1.165, 1.54) is 11.3 Å². The van der Waals surface area contributed by atoms with Crippen molar-refractivity contribution < 1.29 is 0 Å². The molecular weight excluding hydrogens is 236 g/mol. The summed E-state index contributed by atoms with van der Waals surface area (Å²) in [7, 11) is 2.09. The Kier molecular flexibility index (Phi) is 4.35. The molecule has 0 bridgehead atoms. The molecule has 0 atom stereocenters. The lowest BCUT2D eigenvalue weighted by atomic mass is 10.2. The Labute approximate surface area is 114 Å². The molecule has 2 aromatic rings. The first-order chi connectivity index (χ1) is 9.13. The molecule has 0 radical (unpaired) electrons. The van der Waals surface area contributed by atoms with Crippen molar-refractivity contribution in [2.75, 3.05) is 20.1 Å². The molecule has 1 aromatic carbocycles. The SMILES string of the molecule is Cc1nn(-c2ccccc2)c(C)c1CN(C)CCN. The fraction of sp³-hybridized carbons (Fsp3) is 0.400. The van der Waals surface area contributed by atoms with Crippen molar-refractivity contribution in [3.05, 3.63) is 47.3 Å². The monoisotopic (exact) mass is 258 g/mol. The van der Waals surface area contributed by atoms with Crippen LogP contribution in [0.1, 0.15) is 17.0 Å². The second-order valence-electron chi connectivity index (χ2n) is 4.92. The number of hydrogen-bond acceptors (Lipinski definition) is 3. The number of rotatable bonds is 5. The highest BCUT2D eigenvalue weighted by molar-refractivity contribution is 5.36. The maximum atomic E-state index is 5.59. The van der Waals surface area contributed by atoms with Crippen molar-refractivity contribution in [2.45, 2.75) is 20.4 Å². The second-order valence-corrected chi connectivity index (χ2v) is 4.92. The summed E-state index contributed by atoms with van der Waals surface area (Å²) < 4.78 is 2.01. The molecule has 1 heterocycles. The lowest BCUT2D eigenvalue weighted by Gasteiger charge is -2.15. The normalized spacial score (nSPS) is 11.2. The molecule has 0 aliphatic carbocycles. The highest BCUT2D eigenvalue weighted by atomic mass is 15.3. The van der Waals surface area contributed by atoms with Crippen LogP contribution in [0.4, 0.5) is 0 Å². The van der Waals surface area contributed by atoms with E-state index in [2.05, 4.69) is 43.0 Å². The molecule has 0 spiro atoms. The zero-order valence-electron chi connectivity index (χ0n) is 11.9. The van der Waals surface area contributed by atoms with E-state index in [0.717, 1.165) is 24.5 Å². The number of nitrogens with two attached hydrogens (primary N) is 1. The maximum absolute atomic E-state index is 5.59. The number of benzene rings is 1. The van der Waals surface area contributed by atoms with Gasteiger partial charge in [0.05, 0.1) is 11.4 Å². The first-order valence-corrected chi connectivity index (χ1v) is 6.62. The van der Waals surface area contributed by atoms with Gasteiger partial charge in [0.15, 0.2) is 0 Å². The van der Waals surface area contributed by atoms with Gasteiger partial charge in [0.1, 0.15) is 0 Å². The second kappa shape index (κ2) is 5.99. The van der Waals surface area contributed by atoms with Crippen LogP contribution < -0.4 is 5.73 Å². The summed E-state index contributed by atoms with van der Waals surface area (Å²) in [5.74, 6) is 0. The molecule has 2 N–H and O–H groups in total. The minimum Gasteiger partial charge on any atom is -0.329 e. The molecule has 0 fully saturated rings. The van der Waals surface area contributed by atoms with Crippen molar-refractivity contribution in [1.29, 1.82) is 0 Å². The van der Waals surface area contributed by atoms with Crippen molar-refractivity contribution in [2.24, 2.45) is 5.73 Å². The number of nitrogens with zero attached hydrogens (tertiary/aromatic N) is 3. The summed E-state index contributed by atoms with van der Waals surface area (Å²) in [4.78, 5) is 2.23. The zero-order valence-corrected chi connectivity index (χ0v) is 11.9. The van der Waals surface area contributed by atoms with E-state index in [9.17, 15) is 0 Å². The quantitative estimate of drug-likeness (QED) is 0.890. The first kappa shape index (κ1) is 13.8. The molecule has 19 heavy (non-hydrogen) atoms. The lowest BCUT2D eigenvalue weighted by molar-refractivity contribution is 0.335. The van der Waals surface area contributed by atoms with Gasteiger partial charge in [-0.15, -0.1) is 0 Å². The van der Waals surface area contributed by atoms with Gasteiger partial charge < -0.3 is 10.6 Å². The molecule has 0 amide bonds. The molecule has 4 nitrogen and oxygen atoms in total. The Balaban J connectivity index is 2.30. The van der Waals surface area contributed by atoms with Gasteiger partial charge in [0.25, 0.3) is 0 Å². The smallest absolute Gasteiger partial charge is 0.0648 e. The van der Waals surface area contributed by atoms with Crippen molar-refractivity contribution >= 4 is 0 Å². The fourth-order valence-corrected chi connectivity index (χ4v) is 2.29. The van der Waals surface area contributed by atoms with E-state index < -0.39 is 0 Å². The largest absolute Gasteiger partial charge is 0.329 e. The van der Waals surface area contributed by atoms with Crippen LogP contribution >= 0.6 is 0 Å². The third-order valence-corrected chi connectivity index (χ3v) is 3.38. The third-order valence-electron chi connectivity index (χ3n) is 3.38. The third kappa shape index (κ3) is 3.03. The number of likely N-dealkylation sites (N-methyl/N-ethyl adjacent to an activating group) is 1. The predicted octanol–water partition coefficient (Wildman–Crippen LogP) is 1.88. The lowest BCUT2D eigenvalue weighted by Crippen LogP contribution is -2.25. The fourth-order valence-electron chi connectivity index (χ4n) is 2.29. The van der Waals surface area contributed by atoms with Gasteiger partial charge in [0.2, 0.25) is 0 Å². The van der Waals surface area contributed by atoms with E-state index in [1.807, 2.05) is 22.9 Å². The molecule has 0 saturated heterocycles. The maximum Gasteiger partial charge on any atom is 0.0648 e. The minimum atomic E-state index is 0.682. The summed E-state index contributed by atoms with van der Waals surface area (Å²) in [5, 5.41) is 4.65. The molecule has 0 aliphatic heterocycles. The average molecular weight is 258 g/mol. The number of aryl methyl sites for hydroxylation is 1. The predicted molar refractivity (Wildman–Crippen MR) is 78.4 cm³/mol. The van der Waals surface area contributed by atoms with Crippen LogP contribution in [0.15, 0.2) is 30.3 Å². The van der Waals surface area contributed by atoms with Gasteiger partial charge in [-0.2, -0.15) is 5.10 Å². The molecule has 1 aromatic heterocycles. The Morgan fingerprint density at radius 1 is 1.21 bits per heavy atom. The zero-order chi connectivity index (χ0) is 13.8. The van der Waals surface area contributed by atoms with Crippen molar-refractivity contribution in [1.82, 2.24) is 14.7 Å². The summed E-state index contributed by atoms with van der Waals surface area (Å²) in [5.41, 5.74) is 10.3.